The number of benzene rings is 1. The molecule has 3 heterocycles. The lowest BCUT2D eigenvalue weighted by molar-refractivity contribution is -0.116. The fourth-order valence-corrected chi connectivity index (χ4v) is 4.32. The number of aromatic nitrogens is 4. The predicted molar refractivity (Wildman–Crippen MR) is 109 cm³/mol. The maximum atomic E-state index is 12.5. The van der Waals surface area contributed by atoms with Crippen LogP contribution in [0.3, 0.4) is 0 Å². The van der Waals surface area contributed by atoms with Crippen molar-refractivity contribution in [2.45, 2.75) is 40.5 Å². The third kappa shape index (κ3) is 3.30. The number of thiazole rings is 1. The summed E-state index contributed by atoms with van der Waals surface area (Å²) in [5.41, 5.74) is 6.90. The Bertz CT molecular complexity index is 1170. The zero-order chi connectivity index (χ0) is 19.1. The second kappa shape index (κ2) is 6.74. The first-order valence-corrected chi connectivity index (χ1v) is 9.72. The molecule has 0 saturated carbocycles. The van der Waals surface area contributed by atoms with Crippen molar-refractivity contribution in [3.8, 4) is 0 Å². The molecule has 1 amide bonds. The van der Waals surface area contributed by atoms with Gasteiger partial charge in [0, 0.05) is 23.9 Å². The van der Waals surface area contributed by atoms with Crippen LogP contribution in [0.4, 0.5) is 5.13 Å². The molecule has 27 heavy (non-hydrogen) atoms. The van der Waals surface area contributed by atoms with E-state index in [0.717, 1.165) is 44.1 Å². The van der Waals surface area contributed by atoms with Gasteiger partial charge in [0.2, 0.25) is 5.91 Å². The molecule has 3 aromatic heterocycles. The molecule has 1 aromatic carbocycles. The van der Waals surface area contributed by atoms with Gasteiger partial charge in [0.1, 0.15) is 0 Å². The van der Waals surface area contributed by atoms with E-state index in [2.05, 4.69) is 20.4 Å². The summed E-state index contributed by atoms with van der Waals surface area (Å²) in [6, 6.07) is 8.02. The molecule has 138 valence electrons. The number of rotatable bonds is 4. The first-order chi connectivity index (χ1) is 12.9. The van der Waals surface area contributed by atoms with Crippen LogP contribution in [0.5, 0.6) is 0 Å². The summed E-state index contributed by atoms with van der Waals surface area (Å²) in [5.74, 6) is -0.0396. The number of nitrogens with zero attached hydrogens (tertiary/aromatic N) is 4. The minimum absolute atomic E-state index is 0.0396. The number of anilines is 1. The number of carbonyl (C=O) groups is 1. The molecule has 0 aliphatic rings. The van der Waals surface area contributed by atoms with Crippen molar-refractivity contribution in [1.29, 1.82) is 0 Å². The van der Waals surface area contributed by atoms with E-state index in [1.54, 1.807) is 0 Å². The average molecular weight is 379 g/mol. The lowest BCUT2D eigenvalue weighted by Gasteiger charge is -2.10. The van der Waals surface area contributed by atoms with Gasteiger partial charge in [0.05, 0.1) is 15.9 Å². The van der Waals surface area contributed by atoms with E-state index in [4.69, 9.17) is 0 Å². The van der Waals surface area contributed by atoms with Gasteiger partial charge in [0.15, 0.2) is 10.8 Å². The van der Waals surface area contributed by atoms with Gasteiger partial charge in [0.25, 0.3) is 0 Å². The van der Waals surface area contributed by atoms with E-state index >= 15 is 0 Å². The lowest BCUT2D eigenvalue weighted by atomic mass is 10.1. The maximum Gasteiger partial charge on any atom is 0.226 e. The summed E-state index contributed by atoms with van der Waals surface area (Å²) in [5, 5.41) is 8.07. The third-order valence-corrected chi connectivity index (χ3v) is 5.69. The molecule has 0 spiro atoms. The fourth-order valence-electron chi connectivity index (χ4n) is 3.36. The van der Waals surface area contributed by atoms with Crippen molar-refractivity contribution in [1.82, 2.24) is 19.6 Å². The van der Waals surface area contributed by atoms with Crippen LogP contribution in [-0.4, -0.2) is 25.5 Å². The van der Waals surface area contributed by atoms with E-state index in [1.165, 1.54) is 11.3 Å². The van der Waals surface area contributed by atoms with Gasteiger partial charge in [-0.15, -0.1) is 0 Å². The molecular weight excluding hydrogens is 358 g/mol. The molecule has 0 aliphatic carbocycles. The van der Waals surface area contributed by atoms with Gasteiger partial charge in [-0.25, -0.2) is 14.5 Å². The Labute approximate surface area is 161 Å². The summed E-state index contributed by atoms with van der Waals surface area (Å²) in [4.78, 5) is 21.6. The van der Waals surface area contributed by atoms with Crippen LogP contribution in [-0.2, 0) is 11.2 Å². The van der Waals surface area contributed by atoms with Crippen molar-refractivity contribution in [2.75, 3.05) is 5.32 Å². The summed E-state index contributed by atoms with van der Waals surface area (Å²) in [6.45, 7) is 7.99. The van der Waals surface area contributed by atoms with E-state index in [1.807, 2.05) is 56.5 Å². The first-order valence-electron chi connectivity index (χ1n) is 8.91. The van der Waals surface area contributed by atoms with Crippen molar-refractivity contribution >= 4 is 38.2 Å². The maximum absolute atomic E-state index is 12.5. The van der Waals surface area contributed by atoms with Crippen LogP contribution in [0.1, 0.15) is 34.6 Å². The van der Waals surface area contributed by atoms with Gasteiger partial charge in [-0.2, -0.15) is 5.10 Å². The third-order valence-electron chi connectivity index (χ3n) is 4.76. The highest BCUT2D eigenvalue weighted by Gasteiger charge is 2.14. The normalized spacial score (nSPS) is 11.4. The summed E-state index contributed by atoms with van der Waals surface area (Å²) < 4.78 is 2.94. The molecule has 0 radical (unpaired) electrons. The second-order valence-electron chi connectivity index (χ2n) is 6.81. The largest absolute Gasteiger partial charge is 0.302 e. The SMILES string of the molecule is Cc1cc2nc(C)c(CCC(=O)Nc3nc4c(C)cccc4s3)c(C)n2n1. The summed E-state index contributed by atoms with van der Waals surface area (Å²) in [7, 11) is 0. The zero-order valence-electron chi connectivity index (χ0n) is 15.8. The van der Waals surface area contributed by atoms with E-state index in [-0.39, 0.29) is 5.91 Å². The molecule has 0 saturated heterocycles. The number of hydrogen-bond donors (Lipinski definition) is 1. The Morgan fingerprint density at radius 2 is 2.00 bits per heavy atom. The topological polar surface area (TPSA) is 72.2 Å². The Balaban J connectivity index is 1.50. The number of aryl methyl sites for hydroxylation is 4. The Kier molecular flexibility index (Phi) is 4.39. The predicted octanol–water partition coefficient (Wildman–Crippen LogP) is 4.14. The number of carbonyl (C=O) groups excluding carboxylic acids is 1. The highest BCUT2D eigenvalue weighted by Crippen LogP contribution is 2.28. The fraction of sp³-hybridized carbons (Fsp3) is 0.300. The standard InChI is InChI=1S/C20H21N5OS/c1-11-6-5-7-16-19(11)23-20(27-16)22-18(26)9-8-15-13(3)21-17-10-12(2)24-25(17)14(15)4/h5-7,10H,8-9H2,1-4H3,(H,22,23,26). The first kappa shape index (κ1) is 17.6. The van der Waals surface area contributed by atoms with Crippen molar-refractivity contribution in [3.63, 3.8) is 0 Å². The smallest absolute Gasteiger partial charge is 0.226 e. The van der Waals surface area contributed by atoms with Crippen molar-refractivity contribution in [3.05, 3.63) is 52.5 Å². The van der Waals surface area contributed by atoms with Crippen molar-refractivity contribution < 1.29 is 4.79 Å². The summed E-state index contributed by atoms with van der Waals surface area (Å²) in [6.07, 6.45) is 0.999. The Hall–Kier alpha value is -2.80. The molecule has 1 N–H and O–H groups in total. The molecular formula is C20H21N5OS. The average Bonchev–Trinajstić information content (AvgIpc) is 3.18. The quantitative estimate of drug-likeness (QED) is 0.578. The highest BCUT2D eigenvalue weighted by molar-refractivity contribution is 7.22. The minimum atomic E-state index is -0.0396. The van der Waals surface area contributed by atoms with Crippen LogP contribution < -0.4 is 5.32 Å². The van der Waals surface area contributed by atoms with Gasteiger partial charge in [-0.1, -0.05) is 23.5 Å². The lowest BCUT2D eigenvalue weighted by Crippen LogP contribution is -2.14. The molecule has 6 nitrogen and oxygen atoms in total. The second-order valence-corrected chi connectivity index (χ2v) is 7.84. The molecule has 0 aliphatic heterocycles. The highest BCUT2D eigenvalue weighted by atomic mass is 32.1. The Morgan fingerprint density at radius 1 is 1.19 bits per heavy atom. The van der Waals surface area contributed by atoms with Gasteiger partial charge >= 0.3 is 0 Å². The van der Waals surface area contributed by atoms with E-state index in [0.29, 0.717) is 18.0 Å². The van der Waals surface area contributed by atoms with E-state index < -0.39 is 0 Å². The molecule has 0 unspecified atom stereocenters. The molecule has 4 rings (SSSR count). The number of para-hydroxylation sites is 1. The Morgan fingerprint density at radius 3 is 2.78 bits per heavy atom. The van der Waals surface area contributed by atoms with E-state index in [9.17, 15) is 4.79 Å². The zero-order valence-corrected chi connectivity index (χ0v) is 16.6. The van der Waals surface area contributed by atoms with Crippen molar-refractivity contribution in [2.24, 2.45) is 0 Å². The number of nitrogens with one attached hydrogen (secondary N) is 1. The number of fused-ring (bicyclic) bond motifs is 2. The summed E-state index contributed by atoms with van der Waals surface area (Å²) >= 11 is 1.50. The van der Waals surface area contributed by atoms with Crippen LogP contribution in [0.25, 0.3) is 15.9 Å². The molecule has 0 fully saturated rings. The van der Waals surface area contributed by atoms with Gasteiger partial charge in [-0.3, -0.25) is 4.79 Å². The minimum Gasteiger partial charge on any atom is -0.302 e. The van der Waals surface area contributed by atoms with Crippen LogP contribution in [0, 0.1) is 27.7 Å². The monoisotopic (exact) mass is 379 g/mol. The molecule has 0 atom stereocenters. The number of amides is 1. The van der Waals surface area contributed by atoms with Crippen LogP contribution >= 0.6 is 11.3 Å². The number of hydrogen-bond acceptors (Lipinski definition) is 5. The van der Waals surface area contributed by atoms with Gasteiger partial charge in [-0.05, 0) is 51.3 Å². The molecule has 7 heteroatoms. The van der Waals surface area contributed by atoms with Crippen LogP contribution in [0.2, 0.25) is 0 Å². The molecule has 4 aromatic rings. The van der Waals surface area contributed by atoms with Gasteiger partial charge < -0.3 is 5.32 Å². The van der Waals surface area contributed by atoms with Crippen LogP contribution in [0.15, 0.2) is 24.3 Å². The molecule has 0 bridgehead atoms.